The number of allylic oxidation sites excluding steroid dienone is 8. The van der Waals surface area contributed by atoms with Crippen LogP contribution < -0.4 is 0 Å². The number of ether oxygens (including phenoxy) is 3. The van der Waals surface area contributed by atoms with Crippen molar-refractivity contribution in [3.05, 3.63) is 60.8 Å². The Balaban J connectivity index is 2.32. The minimum absolute atomic E-state index is 0.0936. The number of epoxide rings is 1. The van der Waals surface area contributed by atoms with E-state index in [0.29, 0.717) is 19.3 Å². The molecule has 322 valence electrons. The maximum absolute atomic E-state index is 12.6. The van der Waals surface area contributed by atoms with Gasteiger partial charge in [-0.05, 0) is 77.0 Å². The van der Waals surface area contributed by atoms with Crippen LogP contribution in [-0.2, 0) is 37.4 Å². The summed E-state index contributed by atoms with van der Waals surface area (Å²) >= 11 is 0. The molecule has 1 aliphatic heterocycles. The highest BCUT2D eigenvalue weighted by Gasteiger charge is 2.36. The molecule has 0 saturated carbocycles. The molecule has 5 atom stereocenters. The first-order chi connectivity index (χ1) is 27.2. The molecule has 1 fully saturated rings. The van der Waals surface area contributed by atoms with Gasteiger partial charge in [0.1, 0.15) is 12.7 Å². The van der Waals surface area contributed by atoms with Gasteiger partial charge in [0.25, 0.3) is 0 Å². The standard InChI is InChI=1S/C44H75O11P/c1-3-5-7-9-11-13-14-15-16-17-18-20-22-24-29-33-43(47)51-37-40(38-53-56(49,50)52-36-39(46)35-45)54-44(48)34-30-26-25-28-32-42-41(55-42)31-27-23-21-19-12-10-8-6-4-2/h6,8,12,15-16,19,23,25,27-28,39-42,45-46H,3-5,7,9-11,13-14,17-18,20-22,24,26,29-38H2,1-2H3,(H,49,50)/b8-6-,16-15-,19-12-,27-23-,28-25-. The smallest absolute Gasteiger partial charge is 0.462 e. The third-order valence-electron chi connectivity index (χ3n) is 9.06. The van der Waals surface area contributed by atoms with Crippen molar-refractivity contribution in [2.45, 2.75) is 180 Å². The number of aliphatic hydroxyl groups is 2. The minimum Gasteiger partial charge on any atom is -0.462 e. The molecule has 0 aromatic carbocycles. The molecule has 1 saturated heterocycles. The van der Waals surface area contributed by atoms with E-state index in [2.05, 4.69) is 73.1 Å². The monoisotopic (exact) mass is 811 g/mol. The van der Waals surface area contributed by atoms with Crippen molar-refractivity contribution in [3.63, 3.8) is 0 Å². The molecule has 12 heteroatoms. The summed E-state index contributed by atoms with van der Waals surface area (Å²) in [6, 6.07) is 0. The predicted molar refractivity (Wildman–Crippen MR) is 223 cm³/mol. The second-order valence-corrected chi connectivity index (χ2v) is 15.8. The lowest BCUT2D eigenvalue weighted by Crippen LogP contribution is -2.29. The molecule has 3 N–H and O–H groups in total. The first-order valence-electron chi connectivity index (χ1n) is 21.4. The largest absolute Gasteiger partial charge is 0.472 e. The van der Waals surface area contributed by atoms with E-state index in [1.165, 1.54) is 38.5 Å². The van der Waals surface area contributed by atoms with Crippen LogP contribution in [0.1, 0.15) is 155 Å². The molecule has 0 bridgehead atoms. The molecule has 1 heterocycles. The lowest BCUT2D eigenvalue weighted by Gasteiger charge is -2.20. The molecule has 0 amide bonds. The highest BCUT2D eigenvalue weighted by molar-refractivity contribution is 7.47. The Labute approximate surface area is 338 Å². The summed E-state index contributed by atoms with van der Waals surface area (Å²) in [6.45, 7) is 2.15. The van der Waals surface area contributed by atoms with Crippen molar-refractivity contribution in [2.24, 2.45) is 0 Å². The normalized spacial score (nSPS) is 18.1. The van der Waals surface area contributed by atoms with Gasteiger partial charge >= 0.3 is 19.8 Å². The molecule has 0 aromatic rings. The quantitative estimate of drug-likeness (QED) is 0.0179. The molecule has 0 spiro atoms. The van der Waals surface area contributed by atoms with Crippen LogP contribution >= 0.6 is 7.82 Å². The highest BCUT2D eigenvalue weighted by Crippen LogP contribution is 2.43. The van der Waals surface area contributed by atoms with Gasteiger partial charge in [0.2, 0.25) is 0 Å². The van der Waals surface area contributed by atoms with Gasteiger partial charge in [-0.25, -0.2) is 4.57 Å². The number of unbranched alkanes of at least 4 members (excludes halogenated alkanes) is 12. The van der Waals surface area contributed by atoms with E-state index in [-0.39, 0.29) is 31.7 Å². The van der Waals surface area contributed by atoms with Crippen LogP contribution in [0.3, 0.4) is 0 Å². The Morgan fingerprint density at radius 1 is 0.643 bits per heavy atom. The summed E-state index contributed by atoms with van der Waals surface area (Å²) in [5, 5.41) is 18.3. The number of phosphoric ester groups is 1. The maximum Gasteiger partial charge on any atom is 0.472 e. The lowest BCUT2D eigenvalue weighted by atomic mass is 10.1. The number of esters is 2. The zero-order valence-corrected chi connectivity index (χ0v) is 35.4. The summed E-state index contributed by atoms with van der Waals surface area (Å²) in [6.07, 6.45) is 40.7. The van der Waals surface area contributed by atoms with Crippen molar-refractivity contribution >= 4 is 19.8 Å². The number of aliphatic hydroxyl groups excluding tert-OH is 2. The van der Waals surface area contributed by atoms with Gasteiger partial charge in [-0.2, -0.15) is 0 Å². The van der Waals surface area contributed by atoms with Gasteiger partial charge < -0.3 is 29.3 Å². The molecule has 1 rings (SSSR count). The van der Waals surface area contributed by atoms with Gasteiger partial charge in [0, 0.05) is 12.8 Å². The Kier molecular flexibility index (Phi) is 33.0. The van der Waals surface area contributed by atoms with Gasteiger partial charge in [-0.3, -0.25) is 18.6 Å². The van der Waals surface area contributed by atoms with Gasteiger partial charge in [-0.1, -0.05) is 126 Å². The molecule has 11 nitrogen and oxygen atoms in total. The summed E-state index contributed by atoms with van der Waals surface area (Å²) in [5.41, 5.74) is 0. The highest BCUT2D eigenvalue weighted by atomic mass is 31.2. The average Bonchev–Trinajstić information content (AvgIpc) is 3.94. The average molecular weight is 811 g/mol. The van der Waals surface area contributed by atoms with E-state index in [1.54, 1.807) is 0 Å². The summed E-state index contributed by atoms with van der Waals surface area (Å²) in [5.74, 6) is -1.02. The van der Waals surface area contributed by atoms with E-state index >= 15 is 0 Å². The number of rotatable bonds is 38. The predicted octanol–water partition coefficient (Wildman–Crippen LogP) is 10.1. The van der Waals surface area contributed by atoms with Crippen molar-refractivity contribution < 1.29 is 52.5 Å². The van der Waals surface area contributed by atoms with Crippen LogP contribution in [0.15, 0.2) is 60.8 Å². The van der Waals surface area contributed by atoms with Crippen molar-refractivity contribution in [2.75, 3.05) is 26.4 Å². The number of carbonyl (C=O) groups excluding carboxylic acids is 2. The van der Waals surface area contributed by atoms with Crippen LogP contribution in [0.25, 0.3) is 0 Å². The van der Waals surface area contributed by atoms with E-state index in [0.717, 1.165) is 70.6 Å². The Hall–Kier alpha value is -2.37. The molecular weight excluding hydrogens is 735 g/mol. The summed E-state index contributed by atoms with van der Waals surface area (Å²) in [4.78, 5) is 35.0. The SMILES string of the molecule is CC/C=C\C/C=C\C/C=C\CC1OC1C/C=C\CCCC(=O)OC(COC(=O)CCCCCCC/C=C\CCCCCCCC)COP(=O)(O)OCC(O)CO. The topological polar surface area (TPSA) is 161 Å². The zero-order chi connectivity index (χ0) is 41.0. The molecule has 0 radical (unpaired) electrons. The van der Waals surface area contributed by atoms with Gasteiger partial charge in [0.05, 0.1) is 32.0 Å². The first kappa shape index (κ1) is 51.6. The van der Waals surface area contributed by atoms with Crippen LogP contribution in [0.2, 0.25) is 0 Å². The van der Waals surface area contributed by atoms with Crippen molar-refractivity contribution in [1.29, 1.82) is 0 Å². The van der Waals surface area contributed by atoms with Crippen LogP contribution in [0, 0.1) is 0 Å². The number of carbonyl (C=O) groups is 2. The third kappa shape index (κ3) is 32.7. The fourth-order valence-electron chi connectivity index (χ4n) is 5.65. The number of hydrogen-bond donors (Lipinski definition) is 3. The van der Waals surface area contributed by atoms with Crippen molar-refractivity contribution in [1.82, 2.24) is 0 Å². The van der Waals surface area contributed by atoms with Gasteiger partial charge in [0.15, 0.2) is 6.10 Å². The second-order valence-electron chi connectivity index (χ2n) is 14.4. The lowest BCUT2D eigenvalue weighted by molar-refractivity contribution is -0.161. The Morgan fingerprint density at radius 2 is 1.16 bits per heavy atom. The van der Waals surface area contributed by atoms with E-state index in [1.807, 2.05) is 6.08 Å². The molecular formula is C44H75O11P. The summed E-state index contributed by atoms with van der Waals surface area (Å²) in [7, 11) is -4.64. The molecule has 56 heavy (non-hydrogen) atoms. The molecule has 0 aromatic heterocycles. The molecule has 0 aliphatic carbocycles. The molecule has 1 aliphatic rings. The van der Waals surface area contributed by atoms with E-state index in [4.69, 9.17) is 23.8 Å². The Morgan fingerprint density at radius 3 is 1.80 bits per heavy atom. The second kappa shape index (κ2) is 35.8. The van der Waals surface area contributed by atoms with E-state index in [9.17, 15) is 24.2 Å². The summed E-state index contributed by atoms with van der Waals surface area (Å²) < 4.78 is 38.4. The number of phosphoric acid groups is 1. The Bertz CT molecular complexity index is 1180. The fraction of sp³-hybridized carbons (Fsp3) is 0.727. The van der Waals surface area contributed by atoms with Crippen LogP contribution in [-0.4, -0.2) is 77.9 Å². The van der Waals surface area contributed by atoms with Gasteiger partial charge in [-0.15, -0.1) is 0 Å². The van der Waals surface area contributed by atoms with Crippen molar-refractivity contribution in [3.8, 4) is 0 Å². The maximum atomic E-state index is 12.6. The minimum atomic E-state index is -4.64. The molecule has 5 unspecified atom stereocenters. The zero-order valence-electron chi connectivity index (χ0n) is 34.5. The number of hydrogen-bond acceptors (Lipinski definition) is 10. The fourth-order valence-corrected chi connectivity index (χ4v) is 6.44. The third-order valence-corrected chi connectivity index (χ3v) is 10.0. The van der Waals surface area contributed by atoms with E-state index < -0.39 is 51.8 Å². The van der Waals surface area contributed by atoms with Crippen LogP contribution in [0.5, 0.6) is 0 Å². The van der Waals surface area contributed by atoms with Crippen LogP contribution in [0.4, 0.5) is 0 Å². The first-order valence-corrected chi connectivity index (χ1v) is 22.9.